The second-order valence-corrected chi connectivity index (χ2v) is 10.1. The molecule has 1 heterocycles. The van der Waals surface area contributed by atoms with Crippen molar-refractivity contribution in [2.75, 3.05) is 26.2 Å². The van der Waals surface area contributed by atoms with E-state index in [1.54, 1.807) is 12.1 Å². The summed E-state index contributed by atoms with van der Waals surface area (Å²) in [4.78, 5) is 14.5. The van der Waals surface area contributed by atoms with Crippen LogP contribution in [0.15, 0.2) is 29.2 Å². The Balaban J connectivity index is 1.39. The maximum atomic E-state index is 12.5. The van der Waals surface area contributed by atoms with Gasteiger partial charge in [-0.3, -0.25) is 9.69 Å². The molecule has 1 aromatic rings. The summed E-state index contributed by atoms with van der Waals surface area (Å²) in [6.45, 7) is 2.61. The highest BCUT2D eigenvalue weighted by Gasteiger charge is 2.25. The van der Waals surface area contributed by atoms with Crippen LogP contribution in [0.1, 0.15) is 44.9 Å². The maximum absolute atomic E-state index is 12.5. The van der Waals surface area contributed by atoms with Gasteiger partial charge in [0.15, 0.2) is 0 Å². The number of sulfonamides is 1. The first kappa shape index (κ1) is 21.6. The number of benzene rings is 1. The van der Waals surface area contributed by atoms with Crippen molar-refractivity contribution in [2.45, 2.75) is 55.9 Å². The number of nitrogens with one attached hydrogen (secondary N) is 2. The predicted molar refractivity (Wildman–Crippen MR) is 111 cm³/mol. The lowest BCUT2D eigenvalue weighted by Crippen LogP contribution is -2.47. The Morgan fingerprint density at radius 1 is 1.04 bits per heavy atom. The molecule has 0 atom stereocenters. The van der Waals surface area contributed by atoms with Crippen molar-refractivity contribution in [2.24, 2.45) is 5.92 Å². The van der Waals surface area contributed by atoms with Gasteiger partial charge in [-0.05, 0) is 55.9 Å². The smallest absolute Gasteiger partial charge is 0.240 e. The molecule has 2 fully saturated rings. The molecule has 1 aliphatic carbocycles. The monoisotopic (exact) mass is 427 g/mol. The summed E-state index contributed by atoms with van der Waals surface area (Å²) >= 11 is 5.82. The first-order valence-electron chi connectivity index (χ1n) is 10.2. The van der Waals surface area contributed by atoms with Crippen molar-refractivity contribution in [3.8, 4) is 0 Å². The Bertz CT molecular complexity index is 740. The summed E-state index contributed by atoms with van der Waals surface area (Å²) in [5, 5.41) is 3.58. The van der Waals surface area contributed by atoms with Gasteiger partial charge in [-0.2, -0.15) is 0 Å². The van der Waals surface area contributed by atoms with E-state index in [1.807, 2.05) is 0 Å². The number of hydrogen-bond donors (Lipinski definition) is 2. The topological polar surface area (TPSA) is 78.5 Å². The number of nitrogens with zero attached hydrogens (tertiary/aromatic N) is 1. The number of likely N-dealkylation sites (tertiary alicyclic amines) is 1. The van der Waals surface area contributed by atoms with Crippen molar-refractivity contribution in [3.63, 3.8) is 0 Å². The Kier molecular flexibility index (Phi) is 7.74. The quantitative estimate of drug-likeness (QED) is 0.701. The molecule has 1 saturated carbocycles. The number of halogens is 1. The molecule has 0 unspecified atom stereocenters. The molecule has 156 valence electrons. The Morgan fingerprint density at radius 3 is 2.32 bits per heavy atom. The van der Waals surface area contributed by atoms with Crippen molar-refractivity contribution in [1.82, 2.24) is 14.9 Å². The Hall–Kier alpha value is -1.15. The van der Waals surface area contributed by atoms with Gasteiger partial charge in [-0.25, -0.2) is 13.1 Å². The first-order chi connectivity index (χ1) is 13.4. The standard InChI is InChI=1S/C20H30ClN3O3S/c21-17-6-8-19(9-7-17)28(26,27)23-18-10-12-24(13-11-18)15-20(25)22-14-16-4-2-1-3-5-16/h6-9,16,18,23H,1-5,10-15H2,(H,22,25). The number of piperidine rings is 1. The van der Waals surface area contributed by atoms with Crippen LogP contribution < -0.4 is 10.0 Å². The maximum Gasteiger partial charge on any atom is 0.240 e. The fraction of sp³-hybridized carbons (Fsp3) is 0.650. The van der Waals surface area contributed by atoms with E-state index in [2.05, 4.69) is 14.9 Å². The van der Waals surface area contributed by atoms with E-state index >= 15 is 0 Å². The molecule has 0 radical (unpaired) electrons. The molecule has 1 aromatic carbocycles. The largest absolute Gasteiger partial charge is 0.355 e. The van der Waals surface area contributed by atoms with Gasteiger partial charge in [0, 0.05) is 30.7 Å². The average molecular weight is 428 g/mol. The Morgan fingerprint density at radius 2 is 1.68 bits per heavy atom. The number of carbonyl (C=O) groups excluding carboxylic acids is 1. The van der Waals surface area contributed by atoms with E-state index in [9.17, 15) is 13.2 Å². The minimum atomic E-state index is -3.54. The third-order valence-electron chi connectivity index (χ3n) is 5.71. The highest BCUT2D eigenvalue weighted by atomic mass is 35.5. The van der Waals surface area contributed by atoms with E-state index < -0.39 is 10.0 Å². The summed E-state index contributed by atoms with van der Waals surface area (Å²) in [6.07, 6.45) is 7.71. The SMILES string of the molecule is O=C(CN1CCC(NS(=O)(=O)c2ccc(Cl)cc2)CC1)NCC1CCCCC1. The number of hydrogen-bond acceptors (Lipinski definition) is 4. The third-order valence-corrected chi connectivity index (χ3v) is 7.50. The molecule has 28 heavy (non-hydrogen) atoms. The molecular weight excluding hydrogens is 398 g/mol. The average Bonchev–Trinajstić information content (AvgIpc) is 2.69. The minimum Gasteiger partial charge on any atom is -0.355 e. The van der Waals surface area contributed by atoms with Gasteiger partial charge in [0.1, 0.15) is 0 Å². The molecule has 6 nitrogen and oxygen atoms in total. The summed E-state index contributed by atoms with van der Waals surface area (Å²) in [7, 11) is -3.54. The van der Waals surface area contributed by atoms with E-state index in [-0.39, 0.29) is 16.8 Å². The van der Waals surface area contributed by atoms with Crippen molar-refractivity contribution >= 4 is 27.5 Å². The molecule has 3 rings (SSSR count). The number of carbonyl (C=O) groups is 1. The minimum absolute atomic E-state index is 0.0748. The highest BCUT2D eigenvalue weighted by Crippen LogP contribution is 2.22. The third kappa shape index (κ3) is 6.44. The predicted octanol–water partition coefficient (Wildman–Crippen LogP) is 2.78. The summed E-state index contributed by atoms with van der Waals surface area (Å²) in [6, 6.07) is 6.06. The second kappa shape index (κ2) is 10.1. The van der Waals surface area contributed by atoms with Crippen LogP contribution >= 0.6 is 11.6 Å². The van der Waals surface area contributed by atoms with E-state index in [1.165, 1.54) is 44.2 Å². The molecular formula is C20H30ClN3O3S. The highest BCUT2D eigenvalue weighted by molar-refractivity contribution is 7.89. The van der Waals surface area contributed by atoms with E-state index in [0.717, 1.165) is 6.54 Å². The molecule has 1 aliphatic heterocycles. The lowest BCUT2D eigenvalue weighted by molar-refractivity contribution is -0.122. The van der Waals surface area contributed by atoms with Crippen LogP contribution in [0.3, 0.4) is 0 Å². The van der Waals surface area contributed by atoms with Gasteiger partial charge in [0.05, 0.1) is 11.4 Å². The normalized spacial score (nSPS) is 20.2. The fourth-order valence-corrected chi connectivity index (χ4v) is 5.45. The second-order valence-electron chi connectivity index (χ2n) is 7.93. The van der Waals surface area contributed by atoms with Crippen LogP contribution in [0.5, 0.6) is 0 Å². The molecule has 0 bridgehead atoms. The molecule has 0 spiro atoms. The summed E-state index contributed by atoms with van der Waals surface area (Å²) in [5.41, 5.74) is 0. The fourth-order valence-electron chi connectivity index (χ4n) is 4.02. The summed E-state index contributed by atoms with van der Waals surface area (Å²) < 4.78 is 27.7. The van der Waals surface area contributed by atoms with Gasteiger partial charge in [-0.15, -0.1) is 0 Å². The van der Waals surface area contributed by atoms with Crippen LogP contribution in [0.25, 0.3) is 0 Å². The zero-order valence-corrected chi connectivity index (χ0v) is 17.8. The van der Waals surface area contributed by atoms with Gasteiger partial charge < -0.3 is 5.32 Å². The van der Waals surface area contributed by atoms with E-state index in [4.69, 9.17) is 11.6 Å². The van der Waals surface area contributed by atoms with Gasteiger partial charge in [0.25, 0.3) is 0 Å². The van der Waals surface area contributed by atoms with Gasteiger partial charge in [-0.1, -0.05) is 30.9 Å². The molecule has 0 aromatic heterocycles. The number of amides is 1. The Labute approximate surface area is 173 Å². The first-order valence-corrected chi connectivity index (χ1v) is 12.1. The van der Waals surface area contributed by atoms with Crippen LogP contribution in [0, 0.1) is 5.92 Å². The molecule has 8 heteroatoms. The number of rotatable bonds is 7. The van der Waals surface area contributed by atoms with Crippen LogP contribution in [-0.2, 0) is 14.8 Å². The van der Waals surface area contributed by atoms with Crippen molar-refractivity contribution in [3.05, 3.63) is 29.3 Å². The van der Waals surface area contributed by atoms with Crippen molar-refractivity contribution < 1.29 is 13.2 Å². The lowest BCUT2D eigenvalue weighted by atomic mass is 9.89. The molecule has 2 N–H and O–H groups in total. The van der Waals surface area contributed by atoms with Gasteiger partial charge in [0.2, 0.25) is 15.9 Å². The molecule has 1 amide bonds. The van der Waals surface area contributed by atoms with Crippen LogP contribution in [-0.4, -0.2) is 51.4 Å². The van der Waals surface area contributed by atoms with E-state index in [0.29, 0.717) is 43.4 Å². The lowest BCUT2D eigenvalue weighted by Gasteiger charge is -2.32. The van der Waals surface area contributed by atoms with Crippen LogP contribution in [0.2, 0.25) is 5.02 Å². The zero-order valence-electron chi connectivity index (χ0n) is 16.2. The summed E-state index contributed by atoms with van der Waals surface area (Å²) in [5.74, 6) is 0.705. The molecule has 2 aliphatic rings. The molecule has 1 saturated heterocycles. The van der Waals surface area contributed by atoms with Crippen molar-refractivity contribution in [1.29, 1.82) is 0 Å². The van der Waals surface area contributed by atoms with Crippen LogP contribution in [0.4, 0.5) is 0 Å². The zero-order chi connectivity index (χ0) is 20.0. The van der Waals surface area contributed by atoms with Gasteiger partial charge >= 0.3 is 0 Å².